The second kappa shape index (κ2) is 33.0. The largest absolute Gasteiger partial charge is 0.461 e. The van der Waals surface area contributed by atoms with Crippen LogP contribution in [0.3, 0.4) is 0 Å². The Morgan fingerprint density at radius 2 is 1.35 bits per heavy atom. The maximum atomic E-state index is 12.7. The number of aliphatic hydroxyl groups excluding tert-OH is 1. The minimum absolute atomic E-state index is 0.00217. The molecule has 1 aromatic carbocycles. The second-order valence-corrected chi connectivity index (χ2v) is 12.8. The van der Waals surface area contributed by atoms with Crippen molar-refractivity contribution in [1.82, 2.24) is 20.9 Å². The minimum atomic E-state index is -0.933. The standard InChI is InChI=1S/C29H41N5O10.C5H12O.C3H8.C2H6/c1-19(2)28(29(41)31-17-24(37)32-22-6-4-21(5-7-22)18-44-20(3)35)33-25(38)16-30-23(36)10-12-42-14-15-43-13-11-34-26(39)8-9-27(34)40;1-5(2)3-4-6;1-3-2;1-2/h4-7,19,28H,8-18H2,1-3H3,(H,30,36)(H,31,41)(H,32,37)(H,33,38);5-6H,3-4H2,1-2H3;3H2,1-2H3;1-2H3. The zero-order chi connectivity index (χ0) is 42.2. The van der Waals surface area contributed by atoms with E-state index < -0.39 is 35.6 Å². The van der Waals surface area contributed by atoms with E-state index >= 15 is 0 Å². The van der Waals surface area contributed by atoms with Gasteiger partial charge < -0.3 is 40.6 Å². The van der Waals surface area contributed by atoms with Crippen LogP contribution in [0, 0.1) is 11.8 Å². The first-order chi connectivity index (χ1) is 26.1. The summed E-state index contributed by atoms with van der Waals surface area (Å²) in [6.45, 7) is 17.9. The third-order valence-corrected chi connectivity index (χ3v) is 6.98. The number of likely N-dealkylation sites (tertiary alicyclic amines) is 1. The molecule has 6 amide bonds. The molecule has 2 rings (SSSR count). The molecule has 16 nitrogen and oxygen atoms in total. The van der Waals surface area contributed by atoms with Gasteiger partial charge in [0.05, 0.1) is 46.1 Å². The molecule has 1 aliphatic heterocycles. The van der Waals surface area contributed by atoms with Crippen LogP contribution >= 0.6 is 0 Å². The predicted octanol–water partition coefficient (Wildman–Crippen LogP) is 3.10. The van der Waals surface area contributed by atoms with Gasteiger partial charge >= 0.3 is 5.97 Å². The Morgan fingerprint density at radius 3 is 1.84 bits per heavy atom. The molecule has 1 fully saturated rings. The van der Waals surface area contributed by atoms with Gasteiger partial charge in [-0.1, -0.05) is 73.9 Å². The highest BCUT2D eigenvalue weighted by Gasteiger charge is 2.28. The molecular weight excluding hydrogens is 714 g/mol. The van der Waals surface area contributed by atoms with Crippen LogP contribution in [0.4, 0.5) is 5.69 Å². The van der Waals surface area contributed by atoms with E-state index in [0.29, 0.717) is 18.2 Å². The Kier molecular flexibility index (Phi) is 31.6. The highest BCUT2D eigenvalue weighted by atomic mass is 16.5. The number of ether oxygens (including phenoxy) is 3. The SMILES string of the molecule is CC.CC(=O)OCc1ccc(NC(=O)CNC(=O)C(NC(=O)CNC(=O)CCOCCOCCN2C(=O)CCC2=O)C(C)C)cc1.CC(C)CCO.CCC. The van der Waals surface area contributed by atoms with Gasteiger partial charge in [-0.05, 0) is 36.0 Å². The fraction of sp³-hybridized carbons (Fsp3) is 0.667. The van der Waals surface area contributed by atoms with Crippen LogP contribution in [0.25, 0.3) is 0 Å². The molecule has 0 bridgehead atoms. The lowest BCUT2D eigenvalue weighted by molar-refractivity contribution is -0.142. The molecule has 0 saturated carbocycles. The summed E-state index contributed by atoms with van der Waals surface area (Å²) in [7, 11) is 0. The van der Waals surface area contributed by atoms with Gasteiger partial charge in [-0.2, -0.15) is 0 Å². The summed E-state index contributed by atoms with van der Waals surface area (Å²) >= 11 is 0. The first kappa shape index (κ1) is 52.7. The van der Waals surface area contributed by atoms with Crippen molar-refractivity contribution in [3.8, 4) is 0 Å². The minimum Gasteiger partial charge on any atom is -0.461 e. The van der Waals surface area contributed by atoms with Crippen molar-refractivity contribution in [2.75, 3.05) is 58.0 Å². The Bertz CT molecular complexity index is 1260. The quantitative estimate of drug-likeness (QED) is 0.0694. The average molecular weight is 782 g/mol. The lowest BCUT2D eigenvalue weighted by atomic mass is 10.0. The van der Waals surface area contributed by atoms with E-state index in [2.05, 4.69) is 49.0 Å². The van der Waals surface area contributed by atoms with Gasteiger partial charge in [0.15, 0.2) is 0 Å². The van der Waals surface area contributed by atoms with E-state index in [-0.39, 0.29) is 89.7 Å². The maximum Gasteiger partial charge on any atom is 0.302 e. The number of hydrogen-bond acceptors (Lipinski definition) is 11. The number of rotatable bonds is 21. The van der Waals surface area contributed by atoms with Crippen LogP contribution in [0.1, 0.15) is 100.0 Å². The first-order valence-electron chi connectivity index (χ1n) is 19.1. The zero-order valence-electron chi connectivity index (χ0n) is 34.4. The number of esters is 1. The van der Waals surface area contributed by atoms with Crippen molar-refractivity contribution in [3.63, 3.8) is 0 Å². The van der Waals surface area contributed by atoms with Crippen LogP contribution in [-0.4, -0.2) is 110 Å². The van der Waals surface area contributed by atoms with Crippen LogP contribution in [0.2, 0.25) is 0 Å². The summed E-state index contributed by atoms with van der Waals surface area (Å²) in [5.41, 5.74) is 1.24. The van der Waals surface area contributed by atoms with Gasteiger partial charge in [-0.25, -0.2) is 0 Å². The van der Waals surface area contributed by atoms with E-state index in [4.69, 9.17) is 19.3 Å². The molecule has 0 radical (unpaired) electrons. The number of nitrogens with zero attached hydrogens (tertiary/aromatic N) is 1. The number of carbonyl (C=O) groups is 7. The molecule has 0 spiro atoms. The molecule has 0 aromatic heterocycles. The van der Waals surface area contributed by atoms with E-state index in [1.807, 2.05) is 13.8 Å². The topological polar surface area (TPSA) is 219 Å². The van der Waals surface area contributed by atoms with Gasteiger partial charge in [-0.3, -0.25) is 38.5 Å². The predicted molar refractivity (Wildman–Crippen MR) is 209 cm³/mol. The van der Waals surface area contributed by atoms with Gasteiger partial charge in [0.2, 0.25) is 35.4 Å². The Balaban J connectivity index is 0. The smallest absolute Gasteiger partial charge is 0.302 e. The van der Waals surface area contributed by atoms with Crippen LogP contribution in [0.5, 0.6) is 0 Å². The Morgan fingerprint density at radius 1 is 0.800 bits per heavy atom. The van der Waals surface area contributed by atoms with E-state index in [0.717, 1.165) is 12.0 Å². The van der Waals surface area contributed by atoms with Gasteiger partial charge in [0.1, 0.15) is 12.6 Å². The van der Waals surface area contributed by atoms with Gasteiger partial charge in [-0.15, -0.1) is 0 Å². The number of benzene rings is 1. The summed E-state index contributed by atoms with van der Waals surface area (Å²) in [6, 6.07) is 5.72. The molecule has 5 N–H and O–H groups in total. The number of imide groups is 1. The van der Waals surface area contributed by atoms with Crippen molar-refractivity contribution < 1.29 is 52.9 Å². The van der Waals surface area contributed by atoms with Crippen molar-refractivity contribution >= 4 is 47.1 Å². The lowest BCUT2D eigenvalue weighted by Crippen LogP contribution is -2.52. The van der Waals surface area contributed by atoms with Crippen molar-refractivity contribution in [3.05, 3.63) is 29.8 Å². The Labute approximate surface area is 327 Å². The molecule has 1 unspecified atom stereocenters. The average Bonchev–Trinajstić information content (AvgIpc) is 3.46. The number of nitrogens with one attached hydrogen (secondary N) is 4. The van der Waals surface area contributed by atoms with E-state index in [1.165, 1.54) is 18.2 Å². The summed E-state index contributed by atoms with van der Waals surface area (Å²) in [5, 5.41) is 18.4. The van der Waals surface area contributed by atoms with Crippen LogP contribution in [-0.2, 0) is 54.4 Å². The fourth-order valence-corrected chi connectivity index (χ4v) is 4.15. The molecular formula is C39H67N5O11. The number of hydrogen-bond donors (Lipinski definition) is 5. The fourth-order valence-electron chi connectivity index (χ4n) is 4.15. The number of aliphatic hydroxyl groups is 1. The summed E-state index contributed by atoms with van der Waals surface area (Å²) < 4.78 is 15.6. The first-order valence-corrected chi connectivity index (χ1v) is 19.1. The lowest BCUT2D eigenvalue weighted by Gasteiger charge is -2.21. The monoisotopic (exact) mass is 781 g/mol. The highest BCUT2D eigenvalue weighted by Crippen LogP contribution is 2.11. The third kappa shape index (κ3) is 27.8. The summed E-state index contributed by atoms with van der Waals surface area (Å²) in [5.74, 6) is -2.47. The molecule has 1 aliphatic rings. The normalized spacial score (nSPS) is 12.3. The molecule has 1 aromatic rings. The number of anilines is 1. The molecule has 1 atom stereocenters. The maximum absolute atomic E-state index is 12.7. The van der Waals surface area contributed by atoms with Crippen molar-refractivity contribution in [2.24, 2.45) is 11.8 Å². The van der Waals surface area contributed by atoms with E-state index in [9.17, 15) is 33.6 Å². The van der Waals surface area contributed by atoms with Gasteiger partial charge in [0.25, 0.3) is 0 Å². The number of carbonyl (C=O) groups excluding carboxylic acids is 7. The van der Waals surface area contributed by atoms with Crippen LogP contribution in [0.15, 0.2) is 24.3 Å². The Hall–Kier alpha value is -4.41. The van der Waals surface area contributed by atoms with Gasteiger partial charge in [0, 0.05) is 38.5 Å². The molecule has 314 valence electrons. The molecule has 55 heavy (non-hydrogen) atoms. The van der Waals surface area contributed by atoms with Crippen molar-refractivity contribution in [2.45, 2.75) is 107 Å². The molecule has 1 saturated heterocycles. The molecule has 1 heterocycles. The highest BCUT2D eigenvalue weighted by molar-refractivity contribution is 6.02. The summed E-state index contributed by atoms with van der Waals surface area (Å²) in [6.07, 6.45) is 2.65. The second-order valence-electron chi connectivity index (χ2n) is 12.8. The third-order valence-electron chi connectivity index (χ3n) is 6.98. The number of amides is 6. The van der Waals surface area contributed by atoms with Crippen molar-refractivity contribution in [1.29, 1.82) is 0 Å². The summed E-state index contributed by atoms with van der Waals surface area (Å²) in [4.78, 5) is 84.5. The molecule has 16 heteroatoms. The van der Waals surface area contributed by atoms with E-state index in [1.54, 1.807) is 38.1 Å². The molecule has 0 aliphatic carbocycles. The zero-order valence-corrected chi connectivity index (χ0v) is 34.4. The van der Waals surface area contributed by atoms with Crippen LogP contribution < -0.4 is 21.3 Å².